The van der Waals surface area contributed by atoms with E-state index in [-0.39, 0.29) is 22.9 Å². The number of carbonyl (C=O) groups excluding carboxylic acids is 2. The van der Waals surface area contributed by atoms with Crippen molar-refractivity contribution in [3.05, 3.63) is 71.6 Å². The third kappa shape index (κ3) is 5.60. The van der Waals surface area contributed by atoms with Gasteiger partial charge in [0.25, 0.3) is 0 Å². The highest BCUT2D eigenvalue weighted by Gasteiger charge is 2.32. The van der Waals surface area contributed by atoms with Crippen LogP contribution < -0.4 is 15.5 Å². The molecule has 3 amide bonds. The van der Waals surface area contributed by atoms with E-state index in [0.717, 1.165) is 6.26 Å². The lowest BCUT2D eigenvalue weighted by molar-refractivity contribution is -0.121. The second-order valence-electron chi connectivity index (χ2n) is 8.08. The Kier molecular flexibility index (Phi) is 7.04. The Morgan fingerprint density at radius 2 is 1.94 bits per heavy atom. The molecule has 0 saturated carbocycles. The molecule has 2 N–H and O–H groups in total. The summed E-state index contributed by atoms with van der Waals surface area (Å²) in [5.41, 5.74) is 0.806. The number of anilines is 2. The Balaban J connectivity index is 1.52. The van der Waals surface area contributed by atoms with Crippen molar-refractivity contribution in [1.29, 1.82) is 0 Å². The van der Waals surface area contributed by atoms with Gasteiger partial charge in [-0.1, -0.05) is 35.9 Å². The van der Waals surface area contributed by atoms with Crippen molar-refractivity contribution in [2.75, 3.05) is 23.0 Å². The van der Waals surface area contributed by atoms with Gasteiger partial charge in [-0.05, 0) is 48.7 Å². The first-order chi connectivity index (χ1) is 16.6. The fourth-order valence-electron chi connectivity index (χ4n) is 3.93. The smallest absolute Gasteiger partial charge is 0.321 e. The van der Waals surface area contributed by atoms with Crippen molar-refractivity contribution < 1.29 is 22.4 Å². The van der Waals surface area contributed by atoms with Crippen LogP contribution in [-0.4, -0.2) is 44.2 Å². The molecule has 8 nitrogen and oxygen atoms in total. The molecule has 3 aromatic rings. The number of benzene rings is 2. The zero-order valence-electron chi connectivity index (χ0n) is 18.7. The van der Waals surface area contributed by atoms with Crippen LogP contribution in [-0.2, 0) is 14.6 Å². The molecule has 35 heavy (non-hydrogen) atoms. The highest BCUT2D eigenvalue weighted by Crippen LogP contribution is 2.32. The number of nitrogens with one attached hydrogen (secondary N) is 2. The Bertz CT molecular complexity index is 1380. The lowest BCUT2D eigenvalue weighted by Crippen LogP contribution is -2.53. The molecule has 0 radical (unpaired) electrons. The van der Waals surface area contributed by atoms with Gasteiger partial charge in [0.1, 0.15) is 17.7 Å². The zero-order chi connectivity index (χ0) is 25.2. The lowest BCUT2D eigenvalue weighted by atomic mass is 10.0. The van der Waals surface area contributed by atoms with Crippen LogP contribution in [0.3, 0.4) is 0 Å². The van der Waals surface area contributed by atoms with E-state index in [0.29, 0.717) is 29.0 Å². The molecular formula is C24H22ClFN4O4S. The first-order valence-electron chi connectivity index (χ1n) is 10.7. The van der Waals surface area contributed by atoms with Crippen LogP contribution >= 0.6 is 11.6 Å². The van der Waals surface area contributed by atoms with Crippen LogP contribution in [0.25, 0.3) is 11.1 Å². The normalized spacial score (nSPS) is 16.1. The van der Waals surface area contributed by atoms with E-state index in [1.165, 1.54) is 35.4 Å². The van der Waals surface area contributed by atoms with Gasteiger partial charge in [-0.3, -0.25) is 10.1 Å². The van der Waals surface area contributed by atoms with Gasteiger partial charge in [0.05, 0.1) is 15.6 Å². The number of carbonyl (C=O) groups is 2. The van der Waals surface area contributed by atoms with Crippen molar-refractivity contribution in [2.24, 2.45) is 0 Å². The highest BCUT2D eigenvalue weighted by molar-refractivity contribution is 7.90. The molecule has 1 aliphatic heterocycles. The van der Waals surface area contributed by atoms with Crippen LogP contribution in [0.15, 0.2) is 65.7 Å². The van der Waals surface area contributed by atoms with Gasteiger partial charge < -0.3 is 10.2 Å². The van der Waals surface area contributed by atoms with Gasteiger partial charge in [0.2, 0.25) is 5.91 Å². The molecule has 1 fully saturated rings. The summed E-state index contributed by atoms with van der Waals surface area (Å²) in [7, 11) is -3.52. The molecule has 1 unspecified atom stereocenters. The van der Waals surface area contributed by atoms with Gasteiger partial charge in [0, 0.05) is 24.6 Å². The summed E-state index contributed by atoms with van der Waals surface area (Å²) < 4.78 is 39.4. The summed E-state index contributed by atoms with van der Waals surface area (Å²) in [6.45, 7) is 0.285. The lowest BCUT2D eigenvalue weighted by Gasteiger charge is -2.33. The average molecular weight is 517 g/mol. The number of amides is 3. The third-order valence-corrected chi connectivity index (χ3v) is 6.93. The quantitative estimate of drug-likeness (QED) is 0.526. The summed E-state index contributed by atoms with van der Waals surface area (Å²) >= 11 is 5.78. The molecule has 1 aliphatic rings. The minimum atomic E-state index is -3.52. The maximum absolute atomic E-state index is 15.2. The number of sulfone groups is 1. The average Bonchev–Trinajstić information content (AvgIpc) is 2.82. The van der Waals surface area contributed by atoms with E-state index in [1.807, 2.05) is 0 Å². The molecule has 2 heterocycles. The summed E-state index contributed by atoms with van der Waals surface area (Å²) in [5, 5.41) is 5.56. The molecule has 4 rings (SSSR count). The number of urea groups is 1. The van der Waals surface area contributed by atoms with Crippen molar-refractivity contribution in [3.8, 4) is 11.1 Å². The molecule has 11 heteroatoms. The summed E-state index contributed by atoms with van der Waals surface area (Å²) in [6, 6.07) is 12.2. The van der Waals surface area contributed by atoms with Crippen molar-refractivity contribution in [1.82, 2.24) is 10.3 Å². The minimum Gasteiger partial charge on any atom is -0.326 e. The van der Waals surface area contributed by atoms with Gasteiger partial charge in [-0.15, -0.1) is 0 Å². The van der Waals surface area contributed by atoms with Crippen LogP contribution in [0.4, 0.5) is 20.7 Å². The van der Waals surface area contributed by atoms with E-state index in [1.54, 1.807) is 30.3 Å². The molecule has 1 atom stereocenters. The Morgan fingerprint density at radius 3 is 2.63 bits per heavy atom. The van der Waals surface area contributed by atoms with Crippen molar-refractivity contribution in [3.63, 3.8) is 0 Å². The third-order valence-electron chi connectivity index (χ3n) is 5.55. The summed E-state index contributed by atoms with van der Waals surface area (Å²) in [4.78, 5) is 30.8. The molecule has 0 aliphatic carbocycles. The van der Waals surface area contributed by atoms with Gasteiger partial charge in [-0.25, -0.2) is 22.6 Å². The van der Waals surface area contributed by atoms with Crippen LogP contribution in [0.2, 0.25) is 5.02 Å². The molecule has 2 aromatic carbocycles. The minimum absolute atomic E-state index is 0.0573. The summed E-state index contributed by atoms with van der Waals surface area (Å²) in [6.07, 6.45) is 3.42. The molecule has 1 saturated heterocycles. The number of hydrogen-bond donors (Lipinski definition) is 2. The number of pyridine rings is 1. The number of aromatic nitrogens is 1. The first kappa shape index (κ1) is 24.6. The van der Waals surface area contributed by atoms with Crippen LogP contribution in [0.5, 0.6) is 0 Å². The standard InChI is InChI=1S/C24H22ClFN4O4S/c1-35(33,34)21-7-3-2-5-17(21)15-8-10-20(18(26)13-15)30-12-4-6-19(23(30)31)28-24(32)29-22-11-9-16(25)14-27-22/h2-3,5,7-11,13-14,19H,4,6,12H2,1H3,(H2,27,28,29,32). The monoisotopic (exact) mass is 516 g/mol. The molecule has 0 bridgehead atoms. The molecule has 1 aromatic heterocycles. The fraction of sp³-hybridized carbons (Fsp3) is 0.208. The van der Waals surface area contributed by atoms with Crippen LogP contribution in [0, 0.1) is 5.82 Å². The predicted octanol–water partition coefficient (Wildman–Crippen LogP) is 4.26. The van der Waals surface area contributed by atoms with E-state index in [9.17, 15) is 18.0 Å². The number of rotatable bonds is 5. The maximum Gasteiger partial charge on any atom is 0.321 e. The predicted molar refractivity (Wildman–Crippen MR) is 132 cm³/mol. The summed E-state index contributed by atoms with van der Waals surface area (Å²) in [5.74, 6) is -0.851. The van der Waals surface area contributed by atoms with E-state index < -0.39 is 33.6 Å². The highest BCUT2D eigenvalue weighted by atomic mass is 35.5. The Morgan fingerprint density at radius 1 is 1.17 bits per heavy atom. The number of halogens is 2. The van der Waals surface area contributed by atoms with Crippen molar-refractivity contribution >= 4 is 44.9 Å². The number of hydrogen-bond acceptors (Lipinski definition) is 5. The van der Waals surface area contributed by atoms with Gasteiger partial charge in [-0.2, -0.15) is 0 Å². The Hall–Kier alpha value is -3.50. The number of nitrogens with zero attached hydrogens (tertiary/aromatic N) is 2. The number of piperidine rings is 1. The first-order valence-corrected chi connectivity index (χ1v) is 13.0. The second-order valence-corrected chi connectivity index (χ2v) is 10.5. The van der Waals surface area contributed by atoms with E-state index >= 15 is 4.39 Å². The SMILES string of the molecule is CS(=O)(=O)c1ccccc1-c1ccc(N2CCCC(NC(=O)Nc3ccc(Cl)cn3)C2=O)c(F)c1. The van der Waals surface area contributed by atoms with Crippen molar-refractivity contribution in [2.45, 2.75) is 23.8 Å². The molecule has 182 valence electrons. The maximum atomic E-state index is 15.2. The van der Waals surface area contributed by atoms with Gasteiger partial charge >= 0.3 is 6.03 Å². The molecular weight excluding hydrogens is 495 g/mol. The van der Waals surface area contributed by atoms with E-state index in [4.69, 9.17) is 11.6 Å². The fourth-order valence-corrected chi connectivity index (χ4v) is 4.95. The zero-order valence-corrected chi connectivity index (χ0v) is 20.2. The largest absolute Gasteiger partial charge is 0.326 e. The van der Waals surface area contributed by atoms with E-state index in [2.05, 4.69) is 15.6 Å². The second kappa shape index (κ2) is 10.0. The van der Waals surface area contributed by atoms with Crippen LogP contribution in [0.1, 0.15) is 12.8 Å². The van der Waals surface area contributed by atoms with Gasteiger partial charge in [0.15, 0.2) is 9.84 Å². The molecule has 0 spiro atoms. The topological polar surface area (TPSA) is 108 Å². The Labute approximate surface area is 207 Å².